The van der Waals surface area contributed by atoms with Gasteiger partial charge in [0.2, 0.25) is 0 Å². The summed E-state index contributed by atoms with van der Waals surface area (Å²) in [7, 11) is 0. The largest absolute Gasteiger partial charge is 0.388 e. The molecule has 4 atom stereocenters. The Morgan fingerprint density at radius 1 is 1.52 bits per heavy atom. The molecule has 0 unspecified atom stereocenters. The van der Waals surface area contributed by atoms with Gasteiger partial charge in [-0.3, -0.25) is 10.1 Å². The summed E-state index contributed by atoms with van der Waals surface area (Å²) in [6, 6.07) is 4.63. The quantitative estimate of drug-likeness (QED) is 0.681. The van der Waals surface area contributed by atoms with Gasteiger partial charge >= 0.3 is 0 Å². The van der Waals surface area contributed by atoms with Crippen molar-refractivity contribution in [2.24, 2.45) is 5.92 Å². The van der Waals surface area contributed by atoms with Crippen LogP contribution in [0.15, 0.2) is 18.2 Å². The van der Waals surface area contributed by atoms with E-state index in [0.29, 0.717) is 5.52 Å². The van der Waals surface area contributed by atoms with Crippen molar-refractivity contribution in [3.05, 3.63) is 28.3 Å². The van der Waals surface area contributed by atoms with E-state index in [-0.39, 0.29) is 23.2 Å². The molecular weight excluding hydrogens is 276 g/mol. The van der Waals surface area contributed by atoms with Crippen molar-refractivity contribution in [1.82, 2.24) is 15.0 Å². The van der Waals surface area contributed by atoms with Crippen LogP contribution in [0, 0.1) is 16.0 Å². The number of ether oxygens (including phenoxy) is 1. The summed E-state index contributed by atoms with van der Waals surface area (Å²) in [5.74, 6) is -0.0297. The lowest BCUT2D eigenvalue weighted by atomic mass is 9.99. The number of nitro benzene ring substituents is 1. The third-order valence-electron chi connectivity index (χ3n) is 4.05. The molecule has 2 aromatic rings. The van der Waals surface area contributed by atoms with Crippen molar-refractivity contribution in [3.63, 3.8) is 0 Å². The molecule has 1 fully saturated rings. The first-order chi connectivity index (χ1) is 10.0. The Labute approximate surface area is 120 Å². The molecule has 0 saturated carbocycles. The summed E-state index contributed by atoms with van der Waals surface area (Å²) in [6.45, 7) is 3.90. The van der Waals surface area contributed by atoms with Crippen molar-refractivity contribution in [2.45, 2.75) is 38.7 Å². The highest BCUT2D eigenvalue weighted by molar-refractivity contribution is 5.83. The topological polar surface area (TPSA) is 103 Å². The Kier molecular flexibility index (Phi) is 3.34. The van der Waals surface area contributed by atoms with Crippen LogP contribution in [-0.4, -0.2) is 37.2 Å². The van der Waals surface area contributed by atoms with Gasteiger partial charge in [-0.15, -0.1) is 5.10 Å². The molecule has 1 aromatic heterocycles. The number of non-ortho nitro benzene ring substituents is 1. The zero-order chi connectivity index (χ0) is 15.1. The van der Waals surface area contributed by atoms with Crippen LogP contribution < -0.4 is 0 Å². The minimum absolute atomic E-state index is 0.0297. The summed E-state index contributed by atoms with van der Waals surface area (Å²) in [4.78, 5) is 10.5. The van der Waals surface area contributed by atoms with E-state index in [1.807, 2.05) is 13.8 Å². The minimum Gasteiger partial charge on any atom is -0.388 e. The van der Waals surface area contributed by atoms with Gasteiger partial charge in [0.1, 0.15) is 6.10 Å². The van der Waals surface area contributed by atoms with Crippen molar-refractivity contribution < 1.29 is 14.8 Å². The van der Waals surface area contributed by atoms with Crippen LogP contribution in [0.5, 0.6) is 0 Å². The second-order valence-corrected chi connectivity index (χ2v) is 5.26. The number of fused-ring (bicyclic) bond motifs is 1. The summed E-state index contributed by atoms with van der Waals surface area (Å²) < 4.78 is 7.26. The van der Waals surface area contributed by atoms with Crippen LogP contribution in [0.25, 0.3) is 11.0 Å². The average Bonchev–Trinajstić information content (AvgIpc) is 3.01. The Bertz CT molecular complexity index is 686. The second-order valence-electron chi connectivity index (χ2n) is 5.26. The van der Waals surface area contributed by atoms with Gasteiger partial charge in [0.05, 0.1) is 16.5 Å². The van der Waals surface area contributed by atoms with E-state index >= 15 is 0 Å². The third kappa shape index (κ3) is 2.07. The molecule has 8 nitrogen and oxygen atoms in total. The molecule has 8 heteroatoms. The molecule has 0 amide bonds. The first kappa shape index (κ1) is 13.9. The summed E-state index contributed by atoms with van der Waals surface area (Å²) in [5, 5.41) is 29.2. The molecule has 1 N–H and O–H groups in total. The fourth-order valence-electron chi connectivity index (χ4n) is 2.82. The highest BCUT2D eigenvalue weighted by Gasteiger charge is 2.42. The summed E-state index contributed by atoms with van der Waals surface area (Å²) in [5.41, 5.74) is 0.578. The lowest BCUT2D eigenvalue weighted by Crippen LogP contribution is -2.24. The molecule has 0 bridgehead atoms. The molecule has 1 aliphatic rings. The van der Waals surface area contributed by atoms with E-state index < -0.39 is 17.3 Å². The van der Waals surface area contributed by atoms with Crippen molar-refractivity contribution >= 4 is 16.7 Å². The number of nitrogens with zero attached hydrogens (tertiary/aromatic N) is 4. The number of hydrogen-bond donors (Lipinski definition) is 1. The Morgan fingerprint density at radius 2 is 2.29 bits per heavy atom. The number of benzene rings is 1. The van der Waals surface area contributed by atoms with E-state index in [9.17, 15) is 15.2 Å². The molecule has 0 aliphatic carbocycles. The second kappa shape index (κ2) is 5.05. The third-order valence-corrected chi connectivity index (χ3v) is 4.05. The van der Waals surface area contributed by atoms with E-state index in [2.05, 4.69) is 10.3 Å². The first-order valence-corrected chi connectivity index (χ1v) is 6.86. The molecule has 0 radical (unpaired) electrons. The summed E-state index contributed by atoms with van der Waals surface area (Å²) >= 11 is 0. The lowest BCUT2D eigenvalue weighted by molar-refractivity contribution is -0.383. The van der Waals surface area contributed by atoms with Gasteiger partial charge in [-0.2, -0.15) is 0 Å². The minimum atomic E-state index is -0.723. The molecule has 2 heterocycles. The highest BCUT2D eigenvalue weighted by Crippen LogP contribution is 2.36. The van der Waals surface area contributed by atoms with Crippen molar-refractivity contribution in [1.29, 1.82) is 0 Å². The van der Waals surface area contributed by atoms with Crippen LogP contribution >= 0.6 is 0 Å². The van der Waals surface area contributed by atoms with Crippen LogP contribution in [0.3, 0.4) is 0 Å². The van der Waals surface area contributed by atoms with Gasteiger partial charge in [0, 0.05) is 12.0 Å². The fourth-order valence-corrected chi connectivity index (χ4v) is 2.82. The number of hydrogen-bond acceptors (Lipinski definition) is 6. The van der Waals surface area contributed by atoms with Gasteiger partial charge in [0.25, 0.3) is 5.69 Å². The van der Waals surface area contributed by atoms with Crippen LogP contribution in [0.2, 0.25) is 0 Å². The number of rotatable bonds is 3. The molecule has 112 valence electrons. The van der Waals surface area contributed by atoms with Gasteiger partial charge < -0.3 is 9.84 Å². The van der Waals surface area contributed by atoms with E-state index in [0.717, 1.165) is 6.42 Å². The number of aromatic nitrogens is 3. The summed E-state index contributed by atoms with van der Waals surface area (Å²) in [6.07, 6.45) is -0.680. The van der Waals surface area contributed by atoms with Gasteiger partial charge in [0.15, 0.2) is 11.7 Å². The molecular formula is C13H16N4O4. The van der Waals surface area contributed by atoms with Crippen LogP contribution in [0.4, 0.5) is 5.69 Å². The smallest absolute Gasteiger partial charge is 0.299 e. The Morgan fingerprint density at radius 3 is 2.90 bits per heavy atom. The van der Waals surface area contributed by atoms with E-state index in [1.165, 1.54) is 10.7 Å². The first-order valence-electron chi connectivity index (χ1n) is 6.86. The van der Waals surface area contributed by atoms with E-state index in [1.54, 1.807) is 12.1 Å². The predicted octanol–water partition coefficient (Wildman–Crippen LogP) is 1.64. The number of aliphatic hydroxyl groups is 1. The maximum absolute atomic E-state index is 11.0. The Balaban J connectivity index is 2.06. The van der Waals surface area contributed by atoms with Crippen LogP contribution in [-0.2, 0) is 4.74 Å². The monoisotopic (exact) mass is 292 g/mol. The normalized spacial score (nSPS) is 29.1. The maximum Gasteiger partial charge on any atom is 0.299 e. The molecule has 0 spiro atoms. The lowest BCUT2D eigenvalue weighted by Gasteiger charge is -2.15. The molecule has 21 heavy (non-hydrogen) atoms. The van der Waals surface area contributed by atoms with E-state index in [4.69, 9.17) is 4.74 Å². The Hall–Kier alpha value is -2.06. The maximum atomic E-state index is 11.0. The van der Waals surface area contributed by atoms with Gasteiger partial charge in [-0.1, -0.05) is 25.1 Å². The number of aliphatic hydroxyl groups excluding tert-OH is 1. The number of nitro groups is 1. The molecule has 1 saturated heterocycles. The predicted molar refractivity (Wildman–Crippen MR) is 73.6 cm³/mol. The fraction of sp³-hybridized carbons (Fsp3) is 0.538. The van der Waals surface area contributed by atoms with Crippen LogP contribution in [0.1, 0.15) is 26.5 Å². The molecule has 1 aliphatic heterocycles. The van der Waals surface area contributed by atoms with Crippen molar-refractivity contribution in [3.8, 4) is 0 Å². The van der Waals surface area contributed by atoms with Crippen molar-refractivity contribution in [2.75, 3.05) is 0 Å². The standard InChI is InChI=1S/C13H16N4O4/c1-3-10-7(2)12(18)13(21-10)16-8-5-4-6-9(17(19)20)11(8)14-15-16/h4-7,10,12-13,18H,3H2,1-2H3/t7-,10-,12-,13-/m1/s1. The molecule has 3 rings (SSSR count). The SMILES string of the molecule is CC[C@H]1O[C@@H](n2nnc3c([N+](=O)[O-])cccc32)[C@H](O)[C@@H]1C. The molecule has 1 aromatic carbocycles. The van der Waals surface area contributed by atoms with Gasteiger partial charge in [-0.25, -0.2) is 4.68 Å². The average molecular weight is 292 g/mol. The zero-order valence-corrected chi connectivity index (χ0v) is 11.7. The van der Waals surface area contributed by atoms with Gasteiger partial charge in [-0.05, 0) is 12.5 Å². The highest BCUT2D eigenvalue weighted by atomic mass is 16.6. The zero-order valence-electron chi connectivity index (χ0n) is 11.7.